The Morgan fingerprint density at radius 3 is 2.85 bits per heavy atom. The Kier molecular flexibility index (Phi) is 4.67. The fraction of sp³-hybridized carbons (Fsp3) is 0.167. The minimum atomic E-state index is -0.428. The zero-order chi connectivity index (χ0) is 19.0. The summed E-state index contributed by atoms with van der Waals surface area (Å²) in [6.45, 7) is 3.63. The van der Waals surface area contributed by atoms with Gasteiger partial charge in [0.15, 0.2) is 16.0 Å². The Hall–Kier alpha value is -2.71. The second-order valence-corrected chi connectivity index (χ2v) is 7.56. The van der Waals surface area contributed by atoms with Gasteiger partial charge in [-0.05, 0) is 38.1 Å². The molecule has 1 aromatic carbocycles. The van der Waals surface area contributed by atoms with Crippen molar-refractivity contribution in [1.82, 2.24) is 24.6 Å². The van der Waals surface area contributed by atoms with Gasteiger partial charge in [-0.3, -0.25) is 4.79 Å². The number of fused-ring (bicyclic) bond motifs is 3. The summed E-state index contributed by atoms with van der Waals surface area (Å²) >= 11 is 7.32. The maximum absolute atomic E-state index is 12.6. The summed E-state index contributed by atoms with van der Waals surface area (Å²) in [4.78, 5) is 25.7. The molecule has 3 heterocycles. The summed E-state index contributed by atoms with van der Waals surface area (Å²) in [5, 5.41) is 8.57. The van der Waals surface area contributed by atoms with Crippen LogP contribution in [0.1, 0.15) is 12.7 Å². The number of thioether (sulfide) groups is 1. The van der Waals surface area contributed by atoms with Crippen LogP contribution in [0.15, 0.2) is 47.8 Å². The molecule has 1 amide bonds. The van der Waals surface area contributed by atoms with Crippen molar-refractivity contribution in [3.8, 4) is 0 Å². The van der Waals surface area contributed by atoms with Crippen LogP contribution >= 0.6 is 23.4 Å². The number of benzene rings is 1. The van der Waals surface area contributed by atoms with Gasteiger partial charge in [-0.25, -0.2) is 15.0 Å². The molecule has 3 aromatic heterocycles. The van der Waals surface area contributed by atoms with Crippen molar-refractivity contribution in [1.29, 1.82) is 0 Å². The van der Waals surface area contributed by atoms with Crippen LogP contribution in [-0.2, 0) is 4.79 Å². The molecule has 0 fully saturated rings. The SMILES string of the molecule is Cc1nc2c3ccccc3nc(SC(C)C(=O)Nc3cccnc3Cl)n2n1. The van der Waals surface area contributed by atoms with Crippen molar-refractivity contribution in [2.75, 3.05) is 5.32 Å². The fourth-order valence-corrected chi connectivity index (χ4v) is 3.66. The Morgan fingerprint density at radius 1 is 1.22 bits per heavy atom. The number of rotatable bonds is 4. The quantitative estimate of drug-likeness (QED) is 0.320. The number of carbonyl (C=O) groups is 1. The third kappa shape index (κ3) is 3.45. The number of hydrogen-bond donors (Lipinski definition) is 1. The molecule has 9 heteroatoms. The van der Waals surface area contributed by atoms with E-state index in [9.17, 15) is 4.79 Å². The second kappa shape index (κ2) is 7.13. The minimum Gasteiger partial charge on any atom is -0.322 e. The van der Waals surface area contributed by atoms with Gasteiger partial charge >= 0.3 is 0 Å². The molecule has 0 aliphatic heterocycles. The molecule has 136 valence electrons. The first-order valence-electron chi connectivity index (χ1n) is 8.23. The molecule has 4 aromatic rings. The summed E-state index contributed by atoms with van der Waals surface area (Å²) in [5.74, 6) is 0.448. The lowest BCUT2D eigenvalue weighted by Gasteiger charge is -2.13. The van der Waals surface area contributed by atoms with E-state index in [4.69, 9.17) is 11.6 Å². The number of carbonyl (C=O) groups excluding carboxylic acids is 1. The summed E-state index contributed by atoms with van der Waals surface area (Å²) in [5.41, 5.74) is 2.01. The molecule has 0 aliphatic rings. The lowest BCUT2D eigenvalue weighted by molar-refractivity contribution is -0.115. The molecule has 0 radical (unpaired) electrons. The van der Waals surface area contributed by atoms with E-state index in [2.05, 4.69) is 25.4 Å². The van der Waals surface area contributed by atoms with Crippen LogP contribution in [0, 0.1) is 6.92 Å². The topological polar surface area (TPSA) is 85.1 Å². The maximum atomic E-state index is 12.6. The highest BCUT2D eigenvalue weighted by Gasteiger charge is 2.20. The zero-order valence-electron chi connectivity index (χ0n) is 14.5. The van der Waals surface area contributed by atoms with Crippen LogP contribution < -0.4 is 5.32 Å². The first kappa shape index (κ1) is 17.7. The normalized spacial score (nSPS) is 12.4. The van der Waals surface area contributed by atoms with E-state index in [-0.39, 0.29) is 11.1 Å². The van der Waals surface area contributed by atoms with Crippen LogP contribution in [0.5, 0.6) is 0 Å². The third-order valence-electron chi connectivity index (χ3n) is 3.92. The maximum Gasteiger partial charge on any atom is 0.237 e. The third-order valence-corrected chi connectivity index (χ3v) is 5.27. The van der Waals surface area contributed by atoms with Crippen LogP contribution in [0.3, 0.4) is 0 Å². The number of aromatic nitrogens is 5. The first-order chi connectivity index (χ1) is 13.0. The number of halogens is 1. The number of amides is 1. The van der Waals surface area contributed by atoms with Gasteiger partial charge in [0.2, 0.25) is 5.91 Å². The van der Waals surface area contributed by atoms with Gasteiger partial charge in [0.1, 0.15) is 5.82 Å². The molecule has 7 nitrogen and oxygen atoms in total. The van der Waals surface area contributed by atoms with E-state index in [0.29, 0.717) is 16.7 Å². The average molecular weight is 399 g/mol. The summed E-state index contributed by atoms with van der Waals surface area (Å²) in [7, 11) is 0. The number of aryl methyl sites for hydroxylation is 1. The number of anilines is 1. The van der Waals surface area contributed by atoms with Gasteiger partial charge in [0.05, 0.1) is 16.5 Å². The van der Waals surface area contributed by atoms with Gasteiger partial charge in [0, 0.05) is 11.6 Å². The van der Waals surface area contributed by atoms with Crippen LogP contribution in [-0.4, -0.2) is 35.7 Å². The lowest BCUT2D eigenvalue weighted by Crippen LogP contribution is -2.23. The molecule has 0 saturated carbocycles. The predicted molar refractivity (Wildman–Crippen MR) is 106 cm³/mol. The molecular formula is C18H15ClN6OS. The van der Waals surface area contributed by atoms with Crippen LogP contribution in [0.2, 0.25) is 5.15 Å². The van der Waals surface area contributed by atoms with E-state index in [1.165, 1.54) is 11.8 Å². The molecular weight excluding hydrogens is 384 g/mol. The Balaban J connectivity index is 1.66. The van der Waals surface area contributed by atoms with E-state index in [0.717, 1.165) is 16.6 Å². The number of para-hydroxylation sites is 1. The van der Waals surface area contributed by atoms with Crippen molar-refractivity contribution in [2.45, 2.75) is 24.3 Å². The highest BCUT2D eigenvalue weighted by Crippen LogP contribution is 2.27. The number of nitrogens with one attached hydrogen (secondary N) is 1. The monoisotopic (exact) mass is 398 g/mol. The molecule has 1 atom stereocenters. The first-order valence-corrected chi connectivity index (χ1v) is 9.49. The number of pyridine rings is 1. The van der Waals surface area contributed by atoms with Crippen molar-refractivity contribution in [3.63, 3.8) is 0 Å². The van der Waals surface area contributed by atoms with Crippen molar-refractivity contribution >= 4 is 51.5 Å². The van der Waals surface area contributed by atoms with E-state index in [1.807, 2.05) is 31.2 Å². The van der Waals surface area contributed by atoms with Gasteiger partial charge in [-0.2, -0.15) is 4.52 Å². The van der Waals surface area contributed by atoms with E-state index in [1.54, 1.807) is 29.8 Å². The van der Waals surface area contributed by atoms with Gasteiger partial charge < -0.3 is 5.32 Å². The molecule has 27 heavy (non-hydrogen) atoms. The summed E-state index contributed by atoms with van der Waals surface area (Å²) < 4.78 is 1.68. The van der Waals surface area contributed by atoms with Crippen molar-refractivity contribution in [3.05, 3.63) is 53.6 Å². The molecule has 0 bridgehead atoms. The van der Waals surface area contributed by atoms with Crippen LogP contribution in [0.25, 0.3) is 16.6 Å². The smallest absolute Gasteiger partial charge is 0.237 e. The minimum absolute atomic E-state index is 0.199. The molecule has 0 aliphatic carbocycles. The highest BCUT2D eigenvalue weighted by atomic mass is 35.5. The van der Waals surface area contributed by atoms with Gasteiger partial charge in [-0.15, -0.1) is 5.10 Å². The highest BCUT2D eigenvalue weighted by molar-refractivity contribution is 8.00. The number of nitrogens with zero attached hydrogens (tertiary/aromatic N) is 5. The van der Waals surface area contributed by atoms with Crippen molar-refractivity contribution in [2.24, 2.45) is 0 Å². The molecule has 4 rings (SSSR count). The zero-order valence-corrected chi connectivity index (χ0v) is 16.1. The molecule has 1 unspecified atom stereocenters. The van der Waals surface area contributed by atoms with E-state index >= 15 is 0 Å². The summed E-state index contributed by atoms with van der Waals surface area (Å²) in [6.07, 6.45) is 1.57. The average Bonchev–Trinajstić information content (AvgIpc) is 3.05. The van der Waals surface area contributed by atoms with E-state index < -0.39 is 5.25 Å². The largest absolute Gasteiger partial charge is 0.322 e. The Morgan fingerprint density at radius 2 is 2.04 bits per heavy atom. The standard InChI is InChI=1S/C18H15ClN6OS/c1-10(17(26)22-14-8-5-9-20-15(14)19)27-18-23-13-7-4-3-6-12(13)16-21-11(2)24-25(16)18/h3-10H,1-2H3,(H,22,26). The van der Waals surface area contributed by atoms with Crippen molar-refractivity contribution < 1.29 is 4.79 Å². The molecule has 0 saturated heterocycles. The summed E-state index contributed by atoms with van der Waals surface area (Å²) in [6, 6.07) is 11.2. The van der Waals surface area contributed by atoms with Gasteiger partial charge in [0.25, 0.3) is 0 Å². The molecule has 0 spiro atoms. The number of hydrogen-bond acceptors (Lipinski definition) is 6. The Bertz CT molecular complexity index is 1160. The van der Waals surface area contributed by atoms with Gasteiger partial charge in [-0.1, -0.05) is 35.5 Å². The molecule has 1 N–H and O–H groups in total. The lowest BCUT2D eigenvalue weighted by atomic mass is 10.2. The predicted octanol–water partition coefficient (Wildman–Crippen LogP) is 3.75. The second-order valence-electron chi connectivity index (χ2n) is 5.90. The fourth-order valence-electron chi connectivity index (χ4n) is 2.63. The van der Waals surface area contributed by atoms with Crippen LogP contribution in [0.4, 0.5) is 5.69 Å². The Labute approximate surface area is 164 Å².